The summed E-state index contributed by atoms with van der Waals surface area (Å²) in [5.41, 5.74) is 0. The second kappa shape index (κ2) is 5.19. The molecule has 0 bridgehead atoms. The van der Waals surface area contributed by atoms with Crippen LogP contribution < -0.4 is 5.32 Å². The standard InChI is InChI=1S/C10H12ClN3O3S/c11-8-1-3-12-10(13-8)14-9(15)5-7-2-4-18(16,17)6-7/h1,3,7H,2,4-6H2,(H,12,13,14,15). The third-order valence-corrected chi connectivity index (χ3v) is 4.72. The molecule has 0 spiro atoms. The number of anilines is 1. The minimum absolute atomic E-state index is 0.0802. The van der Waals surface area contributed by atoms with Gasteiger partial charge in [0.15, 0.2) is 9.84 Å². The fourth-order valence-corrected chi connectivity index (χ4v) is 3.87. The topological polar surface area (TPSA) is 89.0 Å². The Morgan fingerprint density at radius 3 is 2.94 bits per heavy atom. The Labute approximate surface area is 110 Å². The van der Waals surface area contributed by atoms with Gasteiger partial charge in [0.1, 0.15) is 5.15 Å². The first-order valence-electron chi connectivity index (χ1n) is 5.43. The molecule has 1 unspecified atom stereocenters. The van der Waals surface area contributed by atoms with Crippen LogP contribution in [0.3, 0.4) is 0 Å². The van der Waals surface area contributed by atoms with Gasteiger partial charge in [-0.1, -0.05) is 11.6 Å². The van der Waals surface area contributed by atoms with Crippen molar-refractivity contribution in [1.82, 2.24) is 9.97 Å². The number of carbonyl (C=O) groups excluding carboxylic acids is 1. The SMILES string of the molecule is O=C(CC1CCS(=O)(=O)C1)Nc1nccc(Cl)n1. The summed E-state index contributed by atoms with van der Waals surface area (Å²) in [6, 6.07) is 1.50. The zero-order valence-corrected chi connectivity index (χ0v) is 11.0. The fraction of sp³-hybridized carbons (Fsp3) is 0.500. The second-order valence-electron chi connectivity index (χ2n) is 4.22. The van der Waals surface area contributed by atoms with E-state index in [0.717, 1.165) is 0 Å². The van der Waals surface area contributed by atoms with Gasteiger partial charge in [-0.3, -0.25) is 10.1 Å². The number of aromatic nitrogens is 2. The van der Waals surface area contributed by atoms with Crippen LogP contribution in [0.15, 0.2) is 12.3 Å². The molecule has 18 heavy (non-hydrogen) atoms. The highest BCUT2D eigenvalue weighted by Gasteiger charge is 2.29. The highest BCUT2D eigenvalue weighted by Crippen LogP contribution is 2.21. The molecule has 1 aliphatic heterocycles. The zero-order chi connectivity index (χ0) is 13.2. The minimum Gasteiger partial charge on any atom is -0.294 e. The van der Waals surface area contributed by atoms with Crippen LogP contribution in [-0.2, 0) is 14.6 Å². The van der Waals surface area contributed by atoms with Gasteiger partial charge in [-0.05, 0) is 18.4 Å². The van der Waals surface area contributed by atoms with Crippen LogP contribution >= 0.6 is 11.6 Å². The summed E-state index contributed by atoms with van der Waals surface area (Å²) in [6.07, 6.45) is 2.13. The molecule has 1 aliphatic rings. The van der Waals surface area contributed by atoms with Crippen molar-refractivity contribution < 1.29 is 13.2 Å². The van der Waals surface area contributed by atoms with Gasteiger partial charge >= 0.3 is 0 Å². The predicted molar refractivity (Wildman–Crippen MR) is 67.0 cm³/mol. The number of hydrogen-bond donors (Lipinski definition) is 1. The molecular weight excluding hydrogens is 278 g/mol. The Morgan fingerprint density at radius 2 is 2.33 bits per heavy atom. The number of amides is 1. The van der Waals surface area contributed by atoms with Crippen LogP contribution in [0.5, 0.6) is 0 Å². The van der Waals surface area contributed by atoms with E-state index < -0.39 is 9.84 Å². The number of nitrogens with one attached hydrogen (secondary N) is 1. The summed E-state index contributed by atoms with van der Waals surface area (Å²) in [4.78, 5) is 19.3. The van der Waals surface area contributed by atoms with Gasteiger partial charge in [0, 0.05) is 12.6 Å². The largest absolute Gasteiger partial charge is 0.294 e. The van der Waals surface area contributed by atoms with Gasteiger partial charge in [-0.25, -0.2) is 18.4 Å². The lowest BCUT2D eigenvalue weighted by Gasteiger charge is -2.07. The Hall–Kier alpha value is -1.21. The second-order valence-corrected chi connectivity index (χ2v) is 6.84. The lowest BCUT2D eigenvalue weighted by molar-refractivity contribution is -0.116. The van der Waals surface area contributed by atoms with E-state index in [1.807, 2.05) is 0 Å². The third-order valence-electron chi connectivity index (χ3n) is 2.67. The molecule has 1 aromatic heterocycles. The van der Waals surface area contributed by atoms with E-state index in [4.69, 9.17) is 11.6 Å². The zero-order valence-electron chi connectivity index (χ0n) is 9.47. The molecule has 0 saturated carbocycles. The van der Waals surface area contributed by atoms with Gasteiger partial charge in [0.05, 0.1) is 11.5 Å². The van der Waals surface area contributed by atoms with E-state index in [1.54, 1.807) is 0 Å². The lowest BCUT2D eigenvalue weighted by atomic mass is 10.1. The summed E-state index contributed by atoms with van der Waals surface area (Å²) in [6.45, 7) is 0. The summed E-state index contributed by atoms with van der Waals surface area (Å²) in [5, 5.41) is 2.74. The number of nitrogens with zero attached hydrogens (tertiary/aromatic N) is 2. The number of carbonyl (C=O) groups is 1. The first kappa shape index (κ1) is 13.2. The maximum atomic E-state index is 11.7. The number of rotatable bonds is 3. The van der Waals surface area contributed by atoms with Crippen molar-refractivity contribution in [2.75, 3.05) is 16.8 Å². The van der Waals surface area contributed by atoms with Crippen LogP contribution in [0, 0.1) is 5.92 Å². The Balaban J connectivity index is 1.90. The molecule has 6 nitrogen and oxygen atoms in total. The van der Waals surface area contributed by atoms with Crippen molar-refractivity contribution in [3.63, 3.8) is 0 Å². The molecule has 2 rings (SSSR count). The van der Waals surface area contributed by atoms with Crippen molar-refractivity contribution in [2.45, 2.75) is 12.8 Å². The Bertz CT molecular complexity index is 561. The molecule has 98 valence electrons. The van der Waals surface area contributed by atoms with Crippen LogP contribution in [0.25, 0.3) is 0 Å². The summed E-state index contributed by atoms with van der Waals surface area (Å²) in [5.74, 6) is -0.0305. The maximum absolute atomic E-state index is 11.7. The molecule has 0 aliphatic carbocycles. The van der Waals surface area contributed by atoms with Crippen molar-refractivity contribution in [3.8, 4) is 0 Å². The number of sulfone groups is 1. The van der Waals surface area contributed by atoms with Gasteiger partial charge in [-0.2, -0.15) is 0 Å². The van der Waals surface area contributed by atoms with Crippen molar-refractivity contribution in [3.05, 3.63) is 17.4 Å². The first-order valence-corrected chi connectivity index (χ1v) is 7.63. The molecule has 1 saturated heterocycles. The summed E-state index contributed by atoms with van der Waals surface area (Å²) < 4.78 is 22.5. The van der Waals surface area contributed by atoms with Crippen LogP contribution in [-0.4, -0.2) is 35.8 Å². The van der Waals surface area contributed by atoms with E-state index in [0.29, 0.717) is 6.42 Å². The average Bonchev–Trinajstić information content (AvgIpc) is 2.57. The lowest BCUT2D eigenvalue weighted by Crippen LogP contribution is -2.18. The van der Waals surface area contributed by atoms with E-state index in [2.05, 4.69) is 15.3 Å². The van der Waals surface area contributed by atoms with Crippen molar-refractivity contribution >= 4 is 33.3 Å². The van der Waals surface area contributed by atoms with Gasteiger partial charge in [0.25, 0.3) is 0 Å². The Morgan fingerprint density at radius 1 is 1.56 bits per heavy atom. The fourth-order valence-electron chi connectivity index (χ4n) is 1.87. The van der Waals surface area contributed by atoms with E-state index in [-0.39, 0.29) is 40.9 Å². The quantitative estimate of drug-likeness (QED) is 0.835. The molecule has 1 aromatic rings. The Kier molecular flexibility index (Phi) is 3.82. The van der Waals surface area contributed by atoms with Crippen molar-refractivity contribution in [2.24, 2.45) is 5.92 Å². The summed E-state index contributed by atoms with van der Waals surface area (Å²) in [7, 11) is -2.95. The van der Waals surface area contributed by atoms with Crippen LogP contribution in [0.2, 0.25) is 5.15 Å². The van der Waals surface area contributed by atoms with Gasteiger partial charge in [0.2, 0.25) is 11.9 Å². The molecule has 1 amide bonds. The monoisotopic (exact) mass is 289 g/mol. The normalized spacial score (nSPS) is 21.7. The smallest absolute Gasteiger partial charge is 0.230 e. The molecule has 2 heterocycles. The predicted octanol–water partition coefficient (Wildman–Crippen LogP) is 0.893. The molecule has 0 aromatic carbocycles. The average molecular weight is 290 g/mol. The highest BCUT2D eigenvalue weighted by molar-refractivity contribution is 7.91. The van der Waals surface area contributed by atoms with E-state index in [1.165, 1.54) is 12.3 Å². The highest BCUT2D eigenvalue weighted by atomic mass is 35.5. The van der Waals surface area contributed by atoms with Crippen molar-refractivity contribution in [1.29, 1.82) is 0 Å². The molecule has 1 fully saturated rings. The third kappa shape index (κ3) is 3.64. The maximum Gasteiger partial charge on any atom is 0.230 e. The van der Waals surface area contributed by atoms with Gasteiger partial charge < -0.3 is 0 Å². The molecule has 0 radical (unpaired) electrons. The molecule has 8 heteroatoms. The van der Waals surface area contributed by atoms with Crippen LogP contribution in [0.1, 0.15) is 12.8 Å². The van der Waals surface area contributed by atoms with E-state index >= 15 is 0 Å². The molecular formula is C10H12ClN3O3S. The first-order chi connectivity index (χ1) is 8.44. The number of hydrogen-bond acceptors (Lipinski definition) is 5. The summed E-state index contributed by atoms with van der Waals surface area (Å²) >= 11 is 5.65. The molecule has 1 atom stereocenters. The molecule has 1 N–H and O–H groups in total. The van der Waals surface area contributed by atoms with Crippen LogP contribution in [0.4, 0.5) is 5.95 Å². The van der Waals surface area contributed by atoms with E-state index in [9.17, 15) is 13.2 Å². The number of halogens is 1. The van der Waals surface area contributed by atoms with Gasteiger partial charge in [-0.15, -0.1) is 0 Å². The minimum atomic E-state index is -2.95.